The maximum atomic E-state index is 12.1. The van der Waals surface area contributed by atoms with Gasteiger partial charge < -0.3 is 19.3 Å². The van der Waals surface area contributed by atoms with Crippen molar-refractivity contribution in [1.82, 2.24) is 0 Å². The summed E-state index contributed by atoms with van der Waals surface area (Å²) in [6.45, 7) is 7.24. The monoisotopic (exact) mass is 374 g/mol. The summed E-state index contributed by atoms with van der Waals surface area (Å²) in [6, 6.07) is 14.3. The summed E-state index contributed by atoms with van der Waals surface area (Å²) in [7, 11) is -2.75. The van der Waals surface area contributed by atoms with E-state index in [0.717, 1.165) is 0 Å². The molecular weight excluding hydrogens is 351 g/mol. The quantitative estimate of drug-likeness (QED) is 0.480. The number of rotatable bonds is 10. The Bertz CT molecular complexity index is 711. The average molecular weight is 374 g/mol. The third kappa shape index (κ3) is 5.49. The molecule has 0 aromatic heterocycles. The smallest absolute Gasteiger partial charge is 0.319 e. The van der Waals surface area contributed by atoms with Crippen molar-refractivity contribution in [3.8, 4) is 0 Å². The molecule has 0 heterocycles. The van der Waals surface area contributed by atoms with Crippen LogP contribution in [0.1, 0.15) is 34.5 Å². The summed E-state index contributed by atoms with van der Waals surface area (Å²) >= 11 is 0. The molecule has 0 bridgehead atoms. The minimum absolute atomic E-state index is 0.0514. The maximum absolute atomic E-state index is 12.1. The second-order valence-electron chi connectivity index (χ2n) is 5.59. The molecule has 0 spiro atoms. The lowest BCUT2D eigenvalue weighted by Gasteiger charge is -2.14. The van der Waals surface area contributed by atoms with Crippen LogP contribution in [0, 0.1) is 0 Å². The van der Waals surface area contributed by atoms with Gasteiger partial charge in [0.2, 0.25) is 0 Å². The highest BCUT2D eigenvalue weighted by Gasteiger charge is 2.12. The van der Waals surface area contributed by atoms with Gasteiger partial charge in [0.25, 0.3) is 0 Å². The normalized spacial score (nSPS) is 14.4. The highest BCUT2D eigenvalue weighted by molar-refractivity contribution is 7.33. The van der Waals surface area contributed by atoms with Crippen LogP contribution < -0.4 is 0 Å². The van der Waals surface area contributed by atoms with Gasteiger partial charge in [0.15, 0.2) is 0 Å². The molecule has 26 heavy (non-hydrogen) atoms. The van der Waals surface area contributed by atoms with Gasteiger partial charge in [0, 0.05) is 0 Å². The van der Waals surface area contributed by atoms with Gasteiger partial charge in [-0.1, -0.05) is 60.7 Å². The predicted octanol–water partition coefficient (Wildman–Crippen LogP) is 4.25. The number of hydrogen-bond acceptors (Lipinski definition) is 5. The van der Waals surface area contributed by atoms with Crippen molar-refractivity contribution in [3.63, 3.8) is 0 Å². The molecule has 0 fully saturated rings. The van der Waals surface area contributed by atoms with E-state index in [9.17, 15) is 14.8 Å². The maximum Gasteiger partial charge on any atom is 0.319 e. The van der Waals surface area contributed by atoms with Crippen LogP contribution in [-0.4, -0.2) is 10.2 Å². The zero-order valence-electron chi connectivity index (χ0n) is 14.4. The number of benzene rings is 2. The van der Waals surface area contributed by atoms with Crippen molar-refractivity contribution in [2.24, 2.45) is 0 Å². The van der Waals surface area contributed by atoms with E-state index in [1.54, 1.807) is 36.4 Å². The first-order valence-electron chi connectivity index (χ1n) is 8.13. The molecule has 5 nitrogen and oxygen atoms in total. The lowest BCUT2D eigenvalue weighted by atomic mass is 10.0. The van der Waals surface area contributed by atoms with E-state index in [0.29, 0.717) is 22.3 Å². The van der Waals surface area contributed by atoms with Gasteiger partial charge in [0.05, 0.1) is 25.4 Å². The Morgan fingerprint density at radius 1 is 0.846 bits per heavy atom. The van der Waals surface area contributed by atoms with Gasteiger partial charge >= 0.3 is 8.25 Å². The van der Waals surface area contributed by atoms with Crippen molar-refractivity contribution in [2.75, 3.05) is 0 Å². The lowest BCUT2D eigenvalue weighted by Crippen LogP contribution is -2.01. The van der Waals surface area contributed by atoms with Crippen LogP contribution in [0.15, 0.2) is 73.8 Å². The first-order chi connectivity index (χ1) is 12.6. The van der Waals surface area contributed by atoms with Crippen molar-refractivity contribution >= 4 is 8.25 Å². The van der Waals surface area contributed by atoms with Crippen molar-refractivity contribution in [1.29, 1.82) is 0 Å². The van der Waals surface area contributed by atoms with Crippen LogP contribution in [0.5, 0.6) is 0 Å². The first-order valence-corrected chi connectivity index (χ1v) is 9.35. The topological polar surface area (TPSA) is 76.0 Å². The van der Waals surface area contributed by atoms with Crippen LogP contribution in [-0.2, 0) is 26.8 Å². The number of aliphatic hydroxyl groups excluding tert-OH is 2. The fourth-order valence-corrected chi connectivity index (χ4v) is 3.11. The summed E-state index contributed by atoms with van der Waals surface area (Å²) in [6.07, 6.45) is 1.20. The minimum Gasteiger partial charge on any atom is -0.384 e. The predicted molar refractivity (Wildman–Crippen MR) is 102 cm³/mol. The molecule has 2 N–H and O–H groups in total. The third-order valence-corrected chi connectivity index (χ3v) is 4.65. The summed E-state index contributed by atoms with van der Waals surface area (Å²) < 4.78 is 22.7. The van der Waals surface area contributed by atoms with Gasteiger partial charge in [-0.05, 0) is 22.3 Å². The molecule has 2 atom stereocenters. The highest BCUT2D eigenvalue weighted by Crippen LogP contribution is 2.30. The molecule has 0 saturated heterocycles. The number of hydrogen-bond donors (Lipinski definition) is 2. The average Bonchev–Trinajstić information content (AvgIpc) is 2.69. The minimum atomic E-state index is -2.75. The van der Waals surface area contributed by atoms with Gasteiger partial charge in [-0.15, -0.1) is 13.2 Å². The van der Waals surface area contributed by atoms with Crippen molar-refractivity contribution in [2.45, 2.75) is 25.4 Å². The molecule has 2 unspecified atom stereocenters. The van der Waals surface area contributed by atoms with E-state index >= 15 is 0 Å². The Morgan fingerprint density at radius 3 is 1.62 bits per heavy atom. The molecule has 0 saturated carbocycles. The van der Waals surface area contributed by atoms with Crippen molar-refractivity contribution in [3.05, 3.63) is 96.1 Å². The third-order valence-electron chi connectivity index (χ3n) is 3.89. The van der Waals surface area contributed by atoms with Crippen LogP contribution in [0.25, 0.3) is 0 Å². The molecule has 2 rings (SSSR count). The lowest BCUT2D eigenvalue weighted by molar-refractivity contribution is 0.199. The Kier molecular flexibility index (Phi) is 7.98. The SMILES string of the molecule is C=CC(O)c1ccccc1CO[PH](=O)OCc1ccccc1C(O)C=C. The van der Waals surface area contributed by atoms with Crippen LogP contribution in [0.3, 0.4) is 0 Å². The molecule has 6 heteroatoms. The molecule has 0 radical (unpaired) electrons. The molecule has 0 aliphatic carbocycles. The zero-order valence-corrected chi connectivity index (χ0v) is 15.4. The Morgan fingerprint density at radius 2 is 1.23 bits per heavy atom. The second kappa shape index (κ2) is 10.2. The number of aliphatic hydroxyl groups is 2. The summed E-state index contributed by atoms with van der Waals surface area (Å²) in [5, 5.41) is 19.9. The zero-order chi connectivity index (χ0) is 18.9. The van der Waals surface area contributed by atoms with Gasteiger partial charge in [-0.2, -0.15) is 0 Å². The molecular formula is C20H23O5P. The van der Waals surface area contributed by atoms with Crippen LogP contribution in [0.4, 0.5) is 0 Å². The first kappa shape index (κ1) is 20.3. The van der Waals surface area contributed by atoms with E-state index in [2.05, 4.69) is 13.2 Å². The fraction of sp³-hybridized carbons (Fsp3) is 0.200. The van der Waals surface area contributed by atoms with E-state index in [4.69, 9.17) is 9.05 Å². The van der Waals surface area contributed by atoms with Gasteiger partial charge in [-0.25, -0.2) is 0 Å². The summed E-state index contributed by atoms with van der Waals surface area (Å²) in [5.74, 6) is 0. The molecule has 2 aromatic carbocycles. The van der Waals surface area contributed by atoms with E-state index in [1.165, 1.54) is 12.2 Å². The Labute approximate surface area is 154 Å². The molecule has 0 aliphatic rings. The summed E-state index contributed by atoms with van der Waals surface area (Å²) in [5.41, 5.74) is 2.72. The molecule has 0 aliphatic heterocycles. The van der Waals surface area contributed by atoms with Crippen LogP contribution >= 0.6 is 8.25 Å². The Balaban J connectivity index is 1.95. The van der Waals surface area contributed by atoms with Gasteiger partial charge in [0.1, 0.15) is 0 Å². The fourth-order valence-electron chi connectivity index (χ4n) is 2.48. The molecule has 0 amide bonds. The Hall–Kier alpha value is -2.01. The van der Waals surface area contributed by atoms with E-state index < -0.39 is 20.5 Å². The van der Waals surface area contributed by atoms with E-state index in [-0.39, 0.29) is 13.2 Å². The summed E-state index contributed by atoms with van der Waals surface area (Å²) in [4.78, 5) is 0. The largest absolute Gasteiger partial charge is 0.384 e. The van der Waals surface area contributed by atoms with Gasteiger partial charge in [-0.3, -0.25) is 4.57 Å². The van der Waals surface area contributed by atoms with Crippen molar-refractivity contribution < 1.29 is 23.8 Å². The molecule has 2 aromatic rings. The molecule has 138 valence electrons. The standard InChI is InChI=1S/C20H23O5P/c1-3-19(21)17-11-7-5-9-15(17)13-24-26(23)25-14-16-10-6-8-12-18(16)20(22)4-2/h3-12,19-22,26H,1-2,13-14H2. The van der Waals surface area contributed by atoms with E-state index in [1.807, 2.05) is 12.1 Å². The second-order valence-corrected chi connectivity index (χ2v) is 6.66. The highest BCUT2D eigenvalue weighted by atomic mass is 31.1. The van der Waals surface area contributed by atoms with Crippen LogP contribution in [0.2, 0.25) is 0 Å².